The van der Waals surface area contributed by atoms with Crippen LogP contribution in [0, 0.1) is 12.7 Å². The number of nitrogens with one attached hydrogen (secondary N) is 2. The molecule has 3 heterocycles. The van der Waals surface area contributed by atoms with Crippen molar-refractivity contribution in [3.05, 3.63) is 78.1 Å². The number of nitrogens with zero attached hydrogens (tertiary/aromatic N) is 5. The second kappa shape index (κ2) is 10.1. The van der Waals surface area contributed by atoms with E-state index in [4.69, 9.17) is 0 Å². The van der Waals surface area contributed by atoms with Gasteiger partial charge in [0.1, 0.15) is 11.6 Å². The molecule has 12 heteroatoms. The minimum Gasteiger partial charge on any atom is -0.305 e. The highest BCUT2D eigenvalue weighted by atomic mass is 32.2. The van der Waals surface area contributed by atoms with Gasteiger partial charge in [0, 0.05) is 41.9 Å². The predicted octanol–water partition coefficient (Wildman–Crippen LogP) is 5.61. The van der Waals surface area contributed by atoms with Gasteiger partial charge in [0.15, 0.2) is 9.84 Å². The number of hydrogen-bond donors (Lipinski definition) is 2. The van der Waals surface area contributed by atoms with Crippen molar-refractivity contribution in [3.8, 4) is 16.8 Å². The summed E-state index contributed by atoms with van der Waals surface area (Å²) in [6.07, 6.45) is 4.51. The summed E-state index contributed by atoms with van der Waals surface area (Å²) in [5, 5.41) is 15.3. The van der Waals surface area contributed by atoms with Gasteiger partial charge in [-0.05, 0) is 48.9 Å². The Morgan fingerprint density at radius 1 is 0.976 bits per heavy atom. The molecule has 0 atom stereocenters. The van der Waals surface area contributed by atoms with Gasteiger partial charge >= 0.3 is 6.03 Å². The number of carbonyl (C=O) groups excluding carboxylic acids is 1. The number of aromatic nitrogens is 5. The fraction of sp³-hybridized carbons (Fsp3) is 0.241. The summed E-state index contributed by atoms with van der Waals surface area (Å²) in [5.74, 6) is -0.280. The van der Waals surface area contributed by atoms with Crippen LogP contribution in [0.25, 0.3) is 27.7 Å². The monoisotopic (exact) mass is 575 g/mol. The van der Waals surface area contributed by atoms with Crippen molar-refractivity contribution in [2.24, 2.45) is 7.05 Å². The first-order valence-corrected chi connectivity index (χ1v) is 14.7. The number of amides is 2. The Hall–Kier alpha value is -4.58. The maximum atomic E-state index is 15.2. The highest BCUT2D eigenvalue weighted by molar-refractivity contribution is 7.90. The molecule has 0 unspecified atom stereocenters. The van der Waals surface area contributed by atoms with Crippen LogP contribution in [0.5, 0.6) is 0 Å². The van der Waals surface area contributed by atoms with E-state index in [1.54, 1.807) is 41.3 Å². The second-order valence-corrected chi connectivity index (χ2v) is 12.9. The third-order valence-corrected chi connectivity index (χ3v) is 7.82. The highest BCUT2D eigenvalue weighted by Crippen LogP contribution is 2.32. The van der Waals surface area contributed by atoms with Gasteiger partial charge in [0.25, 0.3) is 0 Å². The van der Waals surface area contributed by atoms with Gasteiger partial charge in [-0.1, -0.05) is 26.8 Å². The van der Waals surface area contributed by atoms with Gasteiger partial charge in [-0.2, -0.15) is 10.2 Å². The summed E-state index contributed by atoms with van der Waals surface area (Å²) in [4.78, 5) is 17.5. The maximum Gasteiger partial charge on any atom is 0.324 e. The average molecular weight is 576 g/mol. The summed E-state index contributed by atoms with van der Waals surface area (Å²) >= 11 is 0. The van der Waals surface area contributed by atoms with Crippen LogP contribution in [0.1, 0.15) is 32.2 Å². The number of benzene rings is 2. The minimum absolute atomic E-state index is 0.00564. The quantitative estimate of drug-likeness (QED) is 0.281. The van der Waals surface area contributed by atoms with E-state index in [0.29, 0.717) is 22.8 Å². The molecule has 5 rings (SSSR count). The number of rotatable bonds is 5. The number of anilines is 2. The first kappa shape index (κ1) is 28.0. The van der Waals surface area contributed by atoms with Gasteiger partial charge in [-0.15, -0.1) is 0 Å². The molecular formula is C29H30FN7O3S. The number of aryl methyl sites for hydroxylation is 2. The Morgan fingerprint density at radius 2 is 1.68 bits per heavy atom. The van der Waals surface area contributed by atoms with Gasteiger partial charge < -0.3 is 5.32 Å². The number of halogens is 1. The lowest BCUT2D eigenvalue weighted by atomic mass is 9.92. The minimum atomic E-state index is -3.37. The van der Waals surface area contributed by atoms with Gasteiger partial charge in [-0.25, -0.2) is 22.3 Å². The molecule has 0 radical (unpaired) electrons. The van der Waals surface area contributed by atoms with Crippen LogP contribution in [-0.4, -0.2) is 45.2 Å². The molecule has 0 saturated carbocycles. The average Bonchev–Trinajstić information content (AvgIpc) is 3.45. The van der Waals surface area contributed by atoms with E-state index in [0.717, 1.165) is 28.4 Å². The molecule has 0 saturated heterocycles. The molecule has 10 nitrogen and oxygen atoms in total. The molecule has 3 aromatic heterocycles. The first-order valence-electron chi connectivity index (χ1n) is 12.8. The van der Waals surface area contributed by atoms with E-state index >= 15 is 4.39 Å². The summed E-state index contributed by atoms with van der Waals surface area (Å²) in [5.41, 5.74) is 3.89. The molecular weight excluding hydrogens is 545 g/mol. The summed E-state index contributed by atoms with van der Waals surface area (Å²) in [7, 11) is -1.55. The largest absolute Gasteiger partial charge is 0.324 e. The molecule has 0 aliphatic carbocycles. The lowest BCUT2D eigenvalue weighted by Gasteiger charge is -2.14. The van der Waals surface area contributed by atoms with Crippen molar-refractivity contribution >= 4 is 38.3 Å². The fourth-order valence-corrected chi connectivity index (χ4v) is 5.18. The zero-order valence-electron chi connectivity index (χ0n) is 23.5. The highest BCUT2D eigenvalue weighted by Gasteiger charge is 2.22. The Labute approximate surface area is 237 Å². The molecule has 0 aliphatic heterocycles. The van der Waals surface area contributed by atoms with Gasteiger partial charge in [0.2, 0.25) is 0 Å². The summed E-state index contributed by atoms with van der Waals surface area (Å²) in [6.45, 7) is 7.83. The zero-order chi connectivity index (χ0) is 29.7. The van der Waals surface area contributed by atoms with Crippen molar-refractivity contribution in [1.82, 2.24) is 24.5 Å². The van der Waals surface area contributed by atoms with Crippen LogP contribution in [-0.2, 0) is 22.3 Å². The van der Waals surface area contributed by atoms with Crippen molar-refractivity contribution < 1.29 is 17.6 Å². The Morgan fingerprint density at radius 3 is 2.32 bits per heavy atom. The number of hydrogen-bond acceptors (Lipinski definition) is 6. The van der Waals surface area contributed by atoms with E-state index in [1.165, 1.54) is 28.9 Å². The van der Waals surface area contributed by atoms with Crippen LogP contribution >= 0.6 is 0 Å². The molecule has 2 N–H and O–H groups in total. The standard InChI is InChI=1S/C29H30FN7O3S/c1-17-27-21(15-31-16-24(27)36(5)34-17)18-7-12-23(22(30)13-18)32-28(38)33-26-14-25(29(2,3)4)35-37(26)19-8-10-20(11-9-19)41(6,39)40/h7-16H,1-6H3,(H2,32,33,38). The van der Waals surface area contributed by atoms with Gasteiger partial charge in [0.05, 0.1) is 39.4 Å². The third-order valence-electron chi connectivity index (χ3n) is 6.69. The topological polar surface area (TPSA) is 124 Å². The molecule has 212 valence electrons. The lowest BCUT2D eigenvalue weighted by Crippen LogP contribution is -2.22. The molecule has 2 amide bonds. The number of fused-ring (bicyclic) bond motifs is 1. The van der Waals surface area contributed by atoms with Crippen LogP contribution in [0.15, 0.2) is 65.8 Å². The molecule has 5 aromatic rings. The molecule has 0 aliphatic rings. The molecule has 41 heavy (non-hydrogen) atoms. The number of sulfone groups is 1. The molecule has 0 bridgehead atoms. The van der Waals surface area contributed by atoms with E-state index < -0.39 is 21.7 Å². The van der Waals surface area contributed by atoms with Crippen LogP contribution < -0.4 is 10.6 Å². The normalized spacial score (nSPS) is 12.1. The number of pyridine rings is 1. The van der Waals surface area contributed by atoms with Crippen LogP contribution in [0.3, 0.4) is 0 Å². The van der Waals surface area contributed by atoms with E-state index in [9.17, 15) is 13.2 Å². The van der Waals surface area contributed by atoms with E-state index in [2.05, 4.69) is 25.8 Å². The zero-order valence-corrected chi connectivity index (χ0v) is 24.3. The summed E-state index contributed by atoms with van der Waals surface area (Å²) < 4.78 is 42.2. The lowest BCUT2D eigenvalue weighted by molar-refractivity contribution is 0.262. The summed E-state index contributed by atoms with van der Waals surface area (Å²) in [6, 6.07) is 11.8. The SMILES string of the molecule is Cc1nn(C)c2cncc(-c3ccc(NC(=O)Nc4cc(C(C)(C)C)nn4-c4ccc(S(C)(=O)=O)cc4)c(F)c3)c12. The van der Waals surface area contributed by atoms with Gasteiger partial charge in [-0.3, -0.25) is 15.0 Å². The van der Waals surface area contributed by atoms with E-state index in [1.807, 2.05) is 34.7 Å². The maximum absolute atomic E-state index is 15.2. The van der Waals surface area contributed by atoms with Crippen molar-refractivity contribution in [2.45, 2.75) is 38.0 Å². The number of carbonyl (C=O) groups is 1. The first-order chi connectivity index (χ1) is 19.2. The van der Waals surface area contributed by atoms with Crippen LogP contribution in [0.4, 0.5) is 20.7 Å². The third kappa shape index (κ3) is 5.55. The molecule has 0 fully saturated rings. The second-order valence-electron chi connectivity index (χ2n) is 10.9. The molecule has 0 spiro atoms. The van der Waals surface area contributed by atoms with E-state index in [-0.39, 0.29) is 16.0 Å². The Kier molecular flexibility index (Phi) is 6.90. The Balaban J connectivity index is 1.41. The molecule has 2 aromatic carbocycles. The Bertz CT molecular complexity index is 1900. The van der Waals surface area contributed by atoms with Crippen LogP contribution in [0.2, 0.25) is 0 Å². The van der Waals surface area contributed by atoms with Crippen molar-refractivity contribution in [3.63, 3.8) is 0 Å². The smallest absolute Gasteiger partial charge is 0.305 e. The number of urea groups is 1. The van der Waals surface area contributed by atoms with Crippen molar-refractivity contribution in [2.75, 3.05) is 16.9 Å². The predicted molar refractivity (Wildman–Crippen MR) is 157 cm³/mol. The van der Waals surface area contributed by atoms with Crippen molar-refractivity contribution in [1.29, 1.82) is 0 Å². The fourth-order valence-electron chi connectivity index (χ4n) is 4.54.